The fourth-order valence-corrected chi connectivity index (χ4v) is 2.83. The Kier molecular flexibility index (Phi) is 5.49. The maximum absolute atomic E-state index is 12.3. The molecule has 1 aromatic carbocycles. The van der Waals surface area contributed by atoms with E-state index in [9.17, 15) is 4.79 Å². The normalized spacial score (nSPS) is 15.6. The van der Waals surface area contributed by atoms with Crippen LogP contribution in [0.1, 0.15) is 18.4 Å². The summed E-state index contributed by atoms with van der Waals surface area (Å²) in [4.78, 5) is 18.1. The average molecular weight is 343 g/mol. The summed E-state index contributed by atoms with van der Waals surface area (Å²) in [5, 5.41) is 0.516. The number of ether oxygens (including phenoxy) is 1. The van der Waals surface area contributed by atoms with Crippen LogP contribution in [0.15, 0.2) is 54.9 Å². The lowest BCUT2D eigenvalue weighted by molar-refractivity contribution is -0.127. The first-order chi connectivity index (χ1) is 11.7. The van der Waals surface area contributed by atoms with Gasteiger partial charge in [0.25, 0.3) is 0 Å². The van der Waals surface area contributed by atoms with Crippen LogP contribution in [0.4, 0.5) is 0 Å². The second kappa shape index (κ2) is 7.97. The predicted octanol–water partition coefficient (Wildman–Crippen LogP) is 3.82. The van der Waals surface area contributed by atoms with Gasteiger partial charge in [-0.1, -0.05) is 41.9 Å². The summed E-state index contributed by atoms with van der Waals surface area (Å²) in [6.07, 6.45) is 8.38. The first kappa shape index (κ1) is 16.5. The molecule has 2 aromatic rings. The van der Waals surface area contributed by atoms with Crippen molar-refractivity contribution in [2.75, 3.05) is 13.1 Å². The van der Waals surface area contributed by atoms with Gasteiger partial charge in [0.1, 0.15) is 16.9 Å². The van der Waals surface area contributed by atoms with Crippen molar-refractivity contribution >= 4 is 23.6 Å². The quantitative estimate of drug-likeness (QED) is 0.793. The van der Waals surface area contributed by atoms with Crippen molar-refractivity contribution in [1.29, 1.82) is 0 Å². The van der Waals surface area contributed by atoms with E-state index < -0.39 is 0 Å². The van der Waals surface area contributed by atoms with Gasteiger partial charge in [0.2, 0.25) is 5.91 Å². The third-order valence-corrected chi connectivity index (χ3v) is 4.28. The monoisotopic (exact) mass is 342 g/mol. The molecule has 0 saturated carbocycles. The van der Waals surface area contributed by atoms with Crippen molar-refractivity contribution in [1.82, 2.24) is 9.88 Å². The van der Waals surface area contributed by atoms with E-state index in [0.29, 0.717) is 23.9 Å². The number of rotatable bonds is 4. The zero-order valence-electron chi connectivity index (χ0n) is 13.3. The molecule has 1 amide bonds. The van der Waals surface area contributed by atoms with Crippen molar-refractivity contribution in [3.8, 4) is 5.75 Å². The molecule has 0 radical (unpaired) electrons. The van der Waals surface area contributed by atoms with E-state index in [4.69, 9.17) is 16.3 Å². The molecule has 24 heavy (non-hydrogen) atoms. The van der Waals surface area contributed by atoms with Crippen LogP contribution in [0, 0.1) is 0 Å². The lowest BCUT2D eigenvalue weighted by Gasteiger charge is -2.31. The van der Waals surface area contributed by atoms with Gasteiger partial charge in [-0.2, -0.15) is 0 Å². The van der Waals surface area contributed by atoms with Gasteiger partial charge in [0.15, 0.2) is 0 Å². The first-order valence-electron chi connectivity index (χ1n) is 8.00. The predicted molar refractivity (Wildman–Crippen MR) is 95.0 cm³/mol. The van der Waals surface area contributed by atoms with Crippen LogP contribution >= 0.6 is 11.6 Å². The second-order valence-electron chi connectivity index (χ2n) is 5.69. The van der Waals surface area contributed by atoms with E-state index in [-0.39, 0.29) is 12.0 Å². The van der Waals surface area contributed by atoms with Crippen molar-refractivity contribution in [3.05, 3.63) is 65.5 Å². The Morgan fingerprint density at radius 2 is 1.96 bits per heavy atom. The summed E-state index contributed by atoms with van der Waals surface area (Å²) in [7, 11) is 0. The van der Waals surface area contributed by atoms with Gasteiger partial charge < -0.3 is 9.64 Å². The maximum Gasteiger partial charge on any atom is 0.246 e. The lowest BCUT2D eigenvalue weighted by atomic mass is 10.1. The minimum atomic E-state index is 0.0410. The van der Waals surface area contributed by atoms with Gasteiger partial charge in [-0.3, -0.25) is 9.78 Å². The number of benzene rings is 1. The third-order valence-electron chi connectivity index (χ3n) is 4.00. The smallest absolute Gasteiger partial charge is 0.246 e. The van der Waals surface area contributed by atoms with Gasteiger partial charge in [-0.25, -0.2) is 0 Å². The Morgan fingerprint density at radius 3 is 2.67 bits per heavy atom. The number of piperidine rings is 1. The van der Waals surface area contributed by atoms with Gasteiger partial charge in [-0.15, -0.1) is 0 Å². The summed E-state index contributed by atoms with van der Waals surface area (Å²) in [6.45, 7) is 1.37. The van der Waals surface area contributed by atoms with Gasteiger partial charge >= 0.3 is 0 Å². The number of halogens is 1. The van der Waals surface area contributed by atoms with Crippen molar-refractivity contribution in [3.63, 3.8) is 0 Å². The standard InChI is InChI=1S/C19H19ClN2O2/c20-17-14-21-11-8-18(17)24-16-9-12-22(13-10-16)19(23)7-6-15-4-2-1-3-5-15/h1-8,11,14,16H,9-10,12-13H2/b7-6+. The number of aromatic nitrogens is 1. The number of hydrogen-bond donors (Lipinski definition) is 0. The first-order valence-corrected chi connectivity index (χ1v) is 8.38. The number of likely N-dealkylation sites (tertiary alicyclic amines) is 1. The lowest BCUT2D eigenvalue weighted by Crippen LogP contribution is -2.41. The fraction of sp³-hybridized carbons (Fsp3) is 0.263. The number of hydrogen-bond acceptors (Lipinski definition) is 3. The highest BCUT2D eigenvalue weighted by molar-refractivity contribution is 6.31. The van der Waals surface area contributed by atoms with Gasteiger partial charge in [0.05, 0.1) is 0 Å². The van der Waals surface area contributed by atoms with Crippen LogP contribution < -0.4 is 4.74 Å². The molecule has 3 rings (SSSR count). The van der Waals surface area contributed by atoms with Crippen molar-refractivity contribution < 1.29 is 9.53 Å². The minimum Gasteiger partial charge on any atom is -0.489 e. The van der Waals surface area contributed by atoms with E-state index in [1.165, 1.54) is 0 Å². The summed E-state index contributed by atoms with van der Waals surface area (Å²) < 4.78 is 5.92. The molecule has 0 unspecified atom stereocenters. The van der Waals surface area contributed by atoms with Crippen LogP contribution in [0.2, 0.25) is 5.02 Å². The largest absolute Gasteiger partial charge is 0.489 e. The van der Waals surface area contributed by atoms with Gasteiger partial charge in [-0.05, 0) is 11.6 Å². The van der Waals surface area contributed by atoms with E-state index in [1.54, 1.807) is 24.5 Å². The van der Waals surface area contributed by atoms with E-state index in [2.05, 4.69) is 4.98 Å². The van der Waals surface area contributed by atoms with E-state index in [0.717, 1.165) is 18.4 Å². The van der Waals surface area contributed by atoms with Crippen LogP contribution in [0.3, 0.4) is 0 Å². The van der Waals surface area contributed by atoms with Crippen LogP contribution in [0.25, 0.3) is 6.08 Å². The molecular weight excluding hydrogens is 324 g/mol. The number of carbonyl (C=O) groups is 1. The molecule has 124 valence electrons. The van der Waals surface area contributed by atoms with Gasteiger partial charge in [0, 0.05) is 50.5 Å². The zero-order valence-corrected chi connectivity index (χ0v) is 14.0. The Bertz CT molecular complexity index is 710. The molecule has 0 bridgehead atoms. The minimum absolute atomic E-state index is 0.0410. The van der Waals surface area contributed by atoms with Crippen LogP contribution in [-0.4, -0.2) is 35.0 Å². The highest BCUT2D eigenvalue weighted by Crippen LogP contribution is 2.26. The maximum atomic E-state index is 12.3. The highest BCUT2D eigenvalue weighted by Gasteiger charge is 2.23. The molecule has 2 heterocycles. The fourth-order valence-electron chi connectivity index (χ4n) is 2.67. The number of amides is 1. The molecule has 4 nitrogen and oxygen atoms in total. The number of pyridine rings is 1. The SMILES string of the molecule is O=C(/C=C/c1ccccc1)N1CCC(Oc2ccncc2Cl)CC1. The molecule has 0 N–H and O–H groups in total. The number of nitrogens with zero attached hydrogens (tertiary/aromatic N) is 2. The average Bonchev–Trinajstić information content (AvgIpc) is 2.63. The topological polar surface area (TPSA) is 42.4 Å². The molecule has 0 spiro atoms. The molecule has 1 aliphatic heterocycles. The molecule has 1 aliphatic rings. The Labute approximate surface area is 146 Å². The van der Waals surface area contributed by atoms with Crippen LogP contribution in [-0.2, 0) is 4.79 Å². The molecule has 1 aromatic heterocycles. The number of carbonyl (C=O) groups excluding carboxylic acids is 1. The molecule has 0 atom stereocenters. The van der Waals surface area contributed by atoms with E-state index in [1.807, 2.05) is 41.3 Å². The summed E-state index contributed by atoms with van der Waals surface area (Å²) in [5.74, 6) is 0.694. The molecular formula is C19H19ClN2O2. The Balaban J connectivity index is 1.50. The van der Waals surface area contributed by atoms with E-state index >= 15 is 0 Å². The molecule has 0 aliphatic carbocycles. The Hall–Kier alpha value is -2.33. The van der Waals surface area contributed by atoms with Crippen molar-refractivity contribution in [2.45, 2.75) is 18.9 Å². The van der Waals surface area contributed by atoms with Crippen LogP contribution in [0.5, 0.6) is 5.75 Å². The Morgan fingerprint density at radius 1 is 1.21 bits per heavy atom. The molecule has 1 saturated heterocycles. The molecule has 5 heteroatoms. The third kappa shape index (κ3) is 4.36. The summed E-state index contributed by atoms with van der Waals surface area (Å²) in [5.41, 5.74) is 1.02. The zero-order chi connectivity index (χ0) is 16.8. The van der Waals surface area contributed by atoms with Crippen molar-refractivity contribution in [2.24, 2.45) is 0 Å². The summed E-state index contributed by atoms with van der Waals surface area (Å²) in [6, 6.07) is 11.6. The second-order valence-corrected chi connectivity index (χ2v) is 6.10. The highest BCUT2D eigenvalue weighted by atomic mass is 35.5. The summed E-state index contributed by atoms with van der Waals surface area (Å²) >= 11 is 6.06. The molecule has 1 fully saturated rings.